The Kier molecular flexibility index (Phi) is 3.72. The molecule has 1 saturated heterocycles. The smallest absolute Gasteiger partial charge is 0.0723 e. The first-order valence-corrected chi connectivity index (χ1v) is 6.28. The van der Waals surface area contributed by atoms with Crippen LogP contribution >= 0.6 is 11.6 Å². The Hall–Kier alpha value is -0.730. The molecule has 0 radical (unpaired) electrons. The van der Waals surface area contributed by atoms with E-state index < -0.39 is 0 Å². The molecule has 0 spiro atoms. The van der Waals surface area contributed by atoms with Gasteiger partial charge in [-0.25, -0.2) is 0 Å². The molecule has 1 aliphatic heterocycles. The van der Waals surface area contributed by atoms with Crippen LogP contribution in [0.5, 0.6) is 0 Å². The number of nitrogens with zero attached hydrogens (tertiary/aromatic N) is 1. The summed E-state index contributed by atoms with van der Waals surface area (Å²) in [6.07, 6.45) is 0.291. The lowest BCUT2D eigenvalue weighted by Gasteiger charge is -2.39. The number of anilines is 1. The summed E-state index contributed by atoms with van der Waals surface area (Å²) in [5.74, 6) is 0.564. The minimum atomic E-state index is 0.291. The summed E-state index contributed by atoms with van der Waals surface area (Å²) in [5, 5.41) is 0. The van der Waals surface area contributed by atoms with Crippen LogP contribution in [0.3, 0.4) is 0 Å². The third-order valence-electron chi connectivity index (χ3n) is 3.05. The highest BCUT2D eigenvalue weighted by Gasteiger charge is 2.24. The third-order valence-corrected chi connectivity index (χ3v) is 3.34. The van der Waals surface area contributed by atoms with Crippen molar-refractivity contribution in [1.29, 1.82) is 0 Å². The van der Waals surface area contributed by atoms with Gasteiger partial charge in [0.2, 0.25) is 0 Å². The van der Waals surface area contributed by atoms with Gasteiger partial charge in [-0.1, -0.05) is 18.2 Å². The molecule has 2 rings (SSSR count). The van der Waals surface area contributed by atoms with E-state index in [4.69, 9.17) is 16.3 Å². The van der Waals surface area contributed by atoms with Crippen LogP contribution in [-0.4, -0.2) is 25.3 Å². The van der Waals surface area contributed by atoms with E-state index >= 15 is 0 Å². The zero-order chi connectivity index (χ0) is 11.5. The average Bonchev–Trinajstić information content (AvgIpc) is 2.32. The molecule has 1 aliphatic rings. The molecule has 2 nitrogen and oxygen atoms in total. The zero-order valence-electron chi connectivity index (χ0n) is 9.82. The van der Waals surface area contributed by atoms with Crippen molar-refractivity contribution in [1.82, 2.24) is 0 Å². The fraction of sp³-hybridized carbons (Fsp3) is 0.538. The first-order valence-electron chi connectivity index (χ1n) is 5.74. The van der Waals surface area contributed by atoms with Crippen molar-refractivity contribution >= 4 is 17.3 Å². The van der Waals surface area contributed by atoms with E-state index in [1.165, 1.54) is 11.3 Å². The van der Waals surface area contributed by atoms with E-state index in [-0.39, 0.29) is 0 Å². The van der Waals surface area contributed by atoms with Gasteiger partial charge in [-0.2, -0.15) is 0 Å². The molecule has 0 amide bonds. The minimum absolute atomic E-state index is 0.291. The molecule has 2 atom stereocenters. The largest absolute Gasteiger partial charge is 0.375 e. The molecule has 0 N–H and O–H groups in total. The molecule has 1 heterocycles. The highest BCUT2D eigenvalue weighted by atomic mass is 35.5. The summed E-state index contributed by atoms with van der Waals surface area (Å²) in [6.45, 7) is 6.03. The minimum Gasteiger partial charge on any atom is -0.375 e. The Morgan fingerprint density at radius 2 is 2.12 bits per heavy atom. The van der Waals surface area contributed by atoms with Gasteiger partial charge in [-0.15, -0.1) is 11.6 Å². The molecule has 2 unspecified atom stereocenters. The van der Waals surface area contributed by atoms with Crippen molar-refractivity contribution in [2.45, 2.75) is 31.9 Å². The Bertz CT molecular complexity index is 356. The summed E-state index contributed by atoms with van der Waals surface area (Å²) in [5.41, 5.74) is 2.45. The zero-order valence-corrected chi connectivity index (χ0v) is 10.6. The van der Waals surface area contributed by atoms with Gasteiger partial charge in [0, 0.05) is 24.2 Å². The van der Waals surface area contributed by atoms with Crippen molar-refractivity contribution < 1.29 is 4.74 Å². The van der Waals surface area contributed by atoms with Crippen LogP contribution in [0.2, 0.25) is 0 Å². The van der Waals surface area contributed by atoms with Gasteiger partial charge in [0.25, 0.3) is 0 Å². The maximum Gasteiger partial charge on any atom is 0.0723 e. The number of para-hydroxylation sites is 1. The molecule has 1 aromatic rings. The van der Waals surface area contributed by atoms with Crippen LogP contribution in [-0.2, 0) is 10.6 Å². The van der Waals surface area contributed by atoms with Gasteiger partial charge in [-0.05, 0) is 25.5 Å². The van der Waals surface area contributed by atoms with E-state index in [0.29, 0.717) is 18.0 Å². The van der Waals surface area contributed by atoms with Gasteiger partial charge < -0.3 is 9.64 Å². The molecule has 0 bridgehead atoms. The molecule has 0 aromatic heterocycles. The summed E-state index contributed by atoms with van der Waals surface area (Å²) >= 11 is 5.98. The maximum absolute atomic E-state index is 5.98. The molecular weight excluding hydrogens is 222 g/mol. The summed E-state index contributed by atoms with van der Waals surface area (Å²) in [7, 11) is 0. The number of ether oxygens (including phenoxy) is 1. The molecule has 0 saturated carbocycles. The number of rotatable bonds is 2. The van der Waals surface area contributed by atoms with Crippen LogP contribution in [0.15, 0.2) is 24.3 Å². The van der Waals surface area contributed by atoms with E-state index in [1.54, 1.807) is 0 Å². The van der Waals surface area contributed by atoms with Crippen LogP contribution in [0.25, 0.3) is 0 Å². The monoisotopic (exact) mass is 239 g/mol. The molecule has 88 valence electrons. The van der Waals surface area contributed by atoms with Crippen LogP contribution in [0.4, 0.5) is 5.69 Å². The van der Waals surface area contributed by atoms with E-state index in [1.807, 2.05) is 6.07 Å². The maximum atomic E-state index is 5.98. The van der Waals surface area contributed by atoms with Gasteiger partial charge in [0.15, 0.2) is 0 Å². The average molecular weight is 240 g/mol. The molecular formula is C13H18ClNO. The first-order chi connectivity index (χ1) is 7.72. The van der Waals surface area contributed by atoms with Crippen molar-refractivity contribution in [3.05, 3.63) is 29.8 Å². The fourth-order valence-corrected chi connectivity index (χ4v) is 2.37. The molecule has 1 aromatic carbocycles. The third kappa shape index (κ3) is 2.33. The highest BCUT2D eigenvalue weighted by Crippen LogP contribution is 2.26. The summed E-state index contributed by atoms with van der Waals surface area (Å²) in [6, 6.07) is 8.76. The number of morpholine rings is 1. The lowest BCUT2D eigenvalue weighted by atomic mass is 10.1. The highest BCUT2D eigenvalue weighted by molar-refractivity contribution is 6.17. The number of halogens is 1. The van der Waals surface area contributed by atoms with Gasteiger partial charge in [-0.3, -0.25) is 0 Å². The van der Waals surface area contributed by atoms with Crippen molar-refractivity contribution in [2.75, 3.05) is 18.1 Å². The van der Waals surface area contributed by atoms with Crippen LogP contribution in [0, 0.1) is 0 Å². The quantitative estimate of drug-likeness (QED) is 0.736. The lowest BCUT2D eigenvalue weighted by Crippen LogP contribution is -2.47. The number of hydrogen-bond acceptors (Lipinski definition) is 2. The lowest BCUT2D eigenvalue weighted by molar-refractivity contribution is 0.0343. The van der Waals surface area contributed by atoms with E-state index in [9.17, 15) is 0 Å². The predicted octanol–water partition coefficient (Wildman–Crippen LogP) is 3.04. The second-order valence-corrected chi connectivity index (χ2v) is 4.67. The topological polar surface area (TPSA) is 12.5 Å². The summed E-state index contributed by atoms with van der Waals surface area (Å²) < 4.78 is 5.64. The number of alkyl halides is 1. The van der Waals surface area contributed by atoms with Crippen molar-refractivity contribution in [3.8, 4) is 0 Å². The van der Waals surface area contributed by atoms with Gasteiger partial charge in [0.05, 0.1) is 12.7 Å². The number of benzene rings is 1. The molecule has 1 fully saturated rings. The standard InChI is InChI=1S/C13H18ClNO/c1-10-9-16-11(2)8-15(10)13-6-4-3-5-12(13)7-14/h3-6,10-11H,7-9H2,1-2H3. The molecule has 3 heteroatoms. The second kappa shape index (κ2) is 5.07. The Morgan fingerprint density at radius 3 is 2.88 bits per heavy atom. The molecule has 16 heavy (non-hydrogen) atoms. The van der Waals surface area contributed by atoms with Crippen LogP contribution < -0.4 is 4.90 Å². The summed E-state index contributed by atoms with van der Waals surface area (Å²) in [4.78, 5) is 2.39. The Labute approximate surface area is 102 Å². The first kappa shape index (κ1) is 11.7. The van der Waals surface area contributed by atoms with Crippen molar-refractivity contribution in [3.63, 3.8) is 0 Å². The van der Waals surface area contributed by atoms with Gasteiger partial charge >= 0.3 is 0 Å². The van der Waals surface area contributed by atoms with E-state index in [2.05, 4.69) is 36.9 Å². The van der Waals surface area contributed by atoms with Crippen molar-refractivity contribution in [2.24, 2.45) is 0 Å². The Balaban J connectivity index is 2.27. The molecule has 0 aliphatic carbocycles. The second-order valence-electron chi connectivity index (χ2n) is 4.41. The SMILES string of the molecule is CC1CN(c2ccccc2CCl)C(C)CO1. The van der Waals surface area contributed by atoms with E-state index in [0.717, 1.165) is 13.2 Å². The van der Waals surface area contributed by atoms with Gasteiger partial charge in [0.1, 0.15) is 0 Å². The number of hydrogen-bond donors (Lipinski definition) is 0. The van der Waals surface area contributed by atoms with Crippen LogP contribution in [0.1, 0.15) is 19.4 Å². The fourth-order valence-electron chi connectivity index (χ4n) is 2.14. The normalized spacial score (nSPS) is 25.8. The Morgan fingerprint density at radius 1 is 1.38 bits per heavy atom. The predicted molar refractivity (Wildman–Crippen MR) is 68.2 cm³/mol.